The number of amides is 1. The zero-order chi connectivity index (χ0) is 14.7. The van der Waals surface area contributed by atoms with E-state index in [2.05, 4.69) is 10.6 Å². The van der Waals surface area contributed by atoms with Gasteiger partial charge in [-0.25, -0.2) is 8.78 Å². The number of carbonyl (C=O) groups is 2. The molecule has 1 atom stereocenters. The molecule has 1 aliphatic carbocycles. The normalized spacial score (nSPS) is 15.7. The molecule has 0 aliphatic heterocycles. The molecule has 0 spiro atoms. The van der Waals surface area contributed by atoms with Gasteiger partial charge in [0.2, 0.25) is 5.91 Å². The molecule has 108 valence electrons. The van der Waals surface area contributed by atoms with Gasteiger partial charge in [0, 0.05) is 0 Å². The van der Waals surface area contributed by atoms with Crippen LogP contribution in [0.15, 0.2) is 18.2 Å². The third-order valence-corrected chi connectivity index (χ3v) is 3.07. The van der Waals surface area contributed by atoms with E-state index in [-0.39, 0.29) is 12.5 Å². The molecule has 1 amide bonds. The highest BCUT2D eigenvalue weighted by atomic mass is 19.1. The number of carbonyl (C=O) groups excluding carboxylic acids is 1. The van der Waals surface area contributed by atoms with Crippen LogP contribution in [0, 0.1) is 17.6 Å². The molecular weight excluding hydrogens is 270 g/mol. The Hall–Kier alpha value is -2.02. The van der Waals surface area contributed by atoms with Crippen LogP contribution in [0.5, 0.6) is 0 Å². The molecule has 5 nitrogen and oxygen atoms in total. The quantitative estimate of drug-likeness (QED) is 0.737. The molecular formula is C13H14F2N2O3. The van der Waals surface area contributed by atoms with E-state index >= 15 is 0 Å². The predicted molar refractivity (Wildman–Crippen MR) is 67.1 cm³/mol. The molecule has 0 heterocycles. The summed E-state index contributed by atoms with van der Waals surface area (Å²) in [5.41, 5.74) is -0.530. The van der Waals surface area contributed by atoms with Crippen LogP contribution in [-0.2, 0) is 9.59 Å². The molecule has 0 radical (unpaired) electrons. The molecule has 1 aromatic carbocycles. The summed E-state index contributed by atoms with van der Waals surface area (Å²) >= 11 is 0. The van der Waals surface area contributed by atoms with E-state index in [1.807, 2.05) is 0 Å². The Kier molecular flexibility index (Phi) is 4.29. The molecule has 1 aromatic rings. The molecule has 0 aromatic heterocycles. The first-order valence-electron chi connectivity index (χ1n) is 6.19. The van der Waals surface area contributed by atoms with Gasteiger partial charge in [0.1, 0.15) is 23.4 Å². The molecule has 1 unspecified atom stereocenters. The zero-order valence-electron chi connectivity index (χ0n) is 10.5. The fourth-order valence-corrected chi connectivity index (χ4v) is 1.89. The number of hydrogen-bond acceptors (Lipinski definition) is 3. The van der Waals surface area contributed by atoms with Gasteiger partial charge in [0.05, 0.1) is 6.54 Å². The molecule has 1 aliphatic rings. The second kappa shape index (κ2) is 5.96. The van der Waals surface area contributed by atoms with Gasteiger partial charge < -0.3 is 10.4 Å². The van der Waals surface area contributed by atoms with Crippen molar-refractivity contribution in [1.29, 1.82) is 0 Å². The summed E-state index contributed by atoms with van der Waals surface area (Å²) in [5, 5.41) is 13.6. The molecule has 1 saturated carbocycles. The monoisotopic (exact) mass is 284 g/mol. The van der Waals surface area contributed by atoms with Gasteiger partial charge >= 0.3 is 5.97 Å². The van der Waals surface area contributed by atoms with Gasteiger partial charge in [0.25, 0.3) is 0 Å². The molecule has 7 heteroatoms. The number of anilines is 1. The summed E-state index contributed by atoms with van der Waals surface area (Å²) in [5.74, 6) is -3.46. The number of aliphatic carboxylic acids is 1. The van der Waals surface area contributed by atoms with Crippen molar-refractivity contribution in [3.63, 3.8) is 0 Å². The fourth-order valence-electron chi connectivity index (χ4n) is 1.89. The van der Waals surface area contributed by atoms with E-state index in [1.165, 1.54) is 6.07 Å². The van der Waals surface area contributed by atoms with Crippen LogP contribution in [-0.4, -0.2) is 29.6 Å². The molecule has 0 saturated heterocycles. The fraction of sp³-hybridized carbons (Fsp3) is 0.385. The Morgan fingerprint density at radius 2 is 1.90 bits per heavy atom. The average molecular weight is 284 g/mol. The lowest BCUT2D eigenvalue weighted by molar-refractivity contribution is -0.140. The Bertz CT molecular complexity index is 512. The lowest BCUT2D eigenvalue weighted by atomic mass is 10.2. The van der Waals surface area contributed by atoms with Gasteiger partial charge in [-0.15, -0.1) is 0 Å². The third-order valence-electron chi connectivity index (χ3n) is 3.07. The Balaban J connectivity index is 1.91. The number of hydrogen-bond donors (Lipinski definition) is 3. The number of carboxylic acid groups (broad SMARTS) is 1. The van der Waals surface area contributed by atoms with Crippen molar-refractivity contribution in [2.24, 2.45) is 5.92 Å². The van der Waals surface area contributed by atoms with Crippen LogP contribution < -0.4 is 10.6 Å². The second-order valence-corrected chi connectivity index (χ2v) is 4.68. The first-order valence-corrected chi connectivity index (χ1v) is 6.19. The van der Waals surface area contributed by atoms with Gasteiger partial charge in [-0.1, -0.05) is 6.07 Å². The maximum Gasteiger partial charge on any atom is 0.320 e. The van der Waals surface area contributed by atoms with Gasteiger partial charge in [0.15, 0.2) is 0 Å². The van der Waals surface area contributed by atoms with Crippen molar-refractivity contribution in [1.82, 2.24) is 5.32 Å². The van der Waals surface area contributed by atoms with E-state index < -0.39 is 35.2 Å². The lowest BCUT2D eigenvalue weighted by Crippen LogP contribution is -2.42. The van der Waals surface area contributed by atoms with Gasteiger partial charge in [-0.3, -0.25) is 14.9 Å². The Morgan fingerprint density at radius 1 is 1.30 bits per heavy atom. The number of halogens is 2. The molecule has 1 fully saturated rings. The minimum absolute atomic E-state index is 0.0190. The van der Waals surface area contributed by atoms with E-state index in [0.29, 0.717) is 0 Å². The largest absolute Gasteiger partial charge is 0.480 e. The Morgan fingerprint density at radius 3 is 2.40 bits per heavy atom. The van der Waals surface area contributed by atoms with Crippen LogP contribution in [0.25, 0.3) is 0 Å². The summed E-state index contributed by atoms with van der Waals surface area (Å²) in [7, 11) is 0. The van der Waals surface area contributed by atoms with Crippen LogP contribution in [0.4, 0.5) is 14.5 Å². The number of para-hydroxylation sites is 1. The minimum Gasteiger partial charge on any atom is -0.480 e. The zero-order valence-corrected chi connectivity index (χ0v) is 10.5. The third kappa shape index (κ3) is 3.51. The number of nitrogens with one attached hydrogen (secondary N) is 2. The van der Waals surface area contributed by atoms with Crippen molar-refractivity contribution < 1.29 is 23.5 Å². The minimum atomic E-state index is -1.03. The van der Waals surface area contributed by atoms with E-state index in [4.69, 9.17) is 5.11 Å². The smallest absolute Gasteiger partial charge is 0.320 e. The molecule has 20 heavy (non-hydrogen) atoms. The summed E-state index contributed by atoms with van der Waals surface area (Å²) in [6.45, 7) is -0.318. The molecule has 0 bridgehead atoms. The maximum atomic E-state index is 13.3. The SMILES string of the molecule is O=C(CNC(C(=O)O)C1CC1)Nc1c(F)cccc1F. The Labute approximate surface area is 114 Å². The van der Waals surface area contributed by atoms with Crippen molar-refractivity contribution in [3.8, 4) is 0 Å². The van der Waals surface area contributed by atoms with Crippen LogP contribution >= 0.6 is 0 Å². The van der Waals surface area contributed by atoms with Crippen molar-refractivity contribution in [2.75, 3.05) is 11.9 Å². The number of rotatable bonds is 6. The summed E-state index contributed by atoms with van der Waals surface area (Å²) in [6, 6.07) is 2.44. The summed E-state index contributed by atoms with van der Waals surface area (Å²) in [6.07, 6.45) is 1.60. The number of carboxylic acids is 1. The van der Waals surface area contributed by atoms with Crippen molar-refractivity contribution >= 4 is 17.6 Å². The lowest BCUT2D eigenvalue weighted by Gasteiger charge is -2.13. The molecule has 3 N–H and O–H groups in total. The van der Waals surface area contributed by atoms with E-state index in [1.54, 1.807) is 0 Å². The first kappa shape index (κ1) is 14.4. The van der Waals surface area contributed by atoms with Crippen molar-refractivity contribution in [3.05, 3.63) is 29.8 Å². The second-order valence-electron chi connectivity index (χ2n) is 4.68. The highest BCUT2D eigenvalue weighted by Crippen LogP contribution is 2.32. The van der Waals surface area contributed by atoms with Gasteiger partial charge in [-0.2, -0.15) is 0 Å². The van der Waals surface area contributed by atoms with Gasteiger partial charge in [-0.05, 0) is 30.9 Å². The maximum absolute atomic E-state index is 13.3. The van der Waals surface area contributed by atoms with Crippen LogP contribution in [0.3, 0.4) is 0 Å². The first-order chi connectivity index (χ1) is 9.49. The highest BCUT2D eigenvalue weighted by molar-refractivity contribution is 5.92. The van der Waals surface area contributed by atoms with E-state index in [0.717, 1.165) is 25.0 Å². The average Bonchev–Trinajstić information content (AvgIpc) is 3.18. The predicted octanol–water partition coefficient (Wildman–Crippen LogP) is 1.36. The molecule has 2 rings (SSSR count). The topological polar surface area (TPSA) is 78.4 Å². The van der Waals surface area contributed by atoms with Crippen LogP contribution in [0.2, 0.25) is 0 Å². The van der Waals surface area contributed by atoms with Crippen molar-refractivity contribution in [2.45, 2.75) is 18.9 Å². The summed E-state index contributed by atoms with van der Waals surface area (Å²) in [4.78, 5) is 22.5. The number of benzene rings is 1. The van der Waals surface area contributed by atoms with Crippen LogP contribution in [0.1, 0.15) is 12.8 Å². The van der Waals surface area contributed by atoms with E-state index in [9.17, 15) is 18.4 Å². The summed E-state index contributed by atoms with van der Waals surface area (Å²) < 4.78 is 26.6. The highest BCUT2D eigenvalue weighted by Gasteiger charge is 2.36. The standard InChI is InChI=1S/C13H14F2N2O3/c14-8-2-1-3-9(15)12(8)17-10(18)6-16-11(13(19)20)7-4-5-7/h1-3,7,11,16H,4-6H2,(H,17,18)(H,19,20).